The van der Waals surface area contributed by atoms with Gasteiger partial charge in [-0.25, -0.2) is 4.79 Å². The third kappa shape index (κ3) is 2.16. The first-order valence-electron chi connectivity index (χ1n) is 4.39. The number of ether oxygens (including phenoxy) is 1. The Bertz CT molecular complexity index is 414. The maximum absolute atomic E-state index is 11.3. The number of carbonyl (C=O) groups excluding carboxylic acids is 1. The molecule has 1 rings (SSSR count). The molecule has 0 amide bonds. The summed E-state index contributed by atoms with van der Waals surface area (Å²) in [6.07, 6.45) is 1.09. The van der Waals surface area contributed by atoms with Crippen LogP contribution >= 0.6 is 0 Å². The predicted molar refractivity (Wildman–Crippen MR) is 51.8 cm³/mol. The fourth-order valence-electron chi connectivity index (χ4n) is 1.29. The van der Waals surface area contributed by atoms with Crippen LogP contribution in [-0.2, 0) is 9.53 Å². The van der Waals surface area contributed by atoms with Crippen LogP contribution in [-0.4, -0.2) is 39.3 Å². The van der Waals surface area contributed by atoms with E-state index in [9.17, 15) is 14.9 Å². The first-order valence-corrected chi connectivity index (χ1v) is 4.39. The van der Waals surface area contributed by atoms with Gasteiger partial charge in [0.2, 0.25) is 5.82 Å². The van der Waals surface area contributed by atoms with Crippen LogP contribution < -0.4 is 0 Å². The van der Waals surface area contributed by atoms with E-state index in [1.807, 2.05) is 0 Å². The lowest BCUT2D eigenvalue weighted by atomic mass is 10.3. The minimum absolute atomic E-state index is 0.260. The van der Waals surface area contributed by atoms with Crippen molar-refractivity contribution in [3.8, 4) is 0 Å². The number of carbonyl (C=O) groups is 1. The second-order valence-electron chi connectivity index (χ2n) is 3.03. The van der Waals surface area contributed by atoms with Crippen molar-refractivity contribution < 1.29 is 19.6 Å². The monoisotopic (exact) mass is 229 g/mol. The molecule has 1 aromatic rings. The third-order valence-electron chi connectivity index (χ3n) is 2.07. The van der Waals surface area contributed by atoms with E-state index < -0.39 is 23.5 Å². The van der Waals surface area contributed by atoms with E-state index in [4.69, 9.17) is 5.11 Å². The van der Waals surface area contributed by atoms with Crippen LogP contribution in [0.3, 0.4) is 0 Å². The summed E-state index contributed by atoms with van der Waals surface area (Å²) in [5.74, 6) is -0.797. The Morgan fingerprint density at radius 1 is 1.81 bits per heavy atom. The lowest BCUT2D eigenvalue weighted by Gasteiger charge is -2.12. The average molecular weight is 229 g/mol. The molecule has 0 aromatic carbocycles. The number of aliphatic hydroxyl groups excluding tert-OH is 1. The molecule has 0 saturated heterocycles. The summed E-state index contributed by atoms with van der Waals surface area (Å²) in [4.78, 5) is 24.7. The number of aromatic nitrogens is 2. The maximum atomic E-state index is 11.3. The van der Waals surface area contributed by atoms with Gasteiger partial charge >= 0.3 is 11.8 Å². The zero-order valence-electron chi connectivity index (χ0n) is 8.78. The predicted octanol–water partition coefficient (Wildman–Crippen LogP) is -0.194. The second kappa shape index (κ2) is 4.71. The van der Waals surface area contributed by atoms with Crippen LogP contribution in [0.5, 0.6) is 0 Å². The van der Waals surface area contributed by atoms with Crippen molar-refractivity contribution in [3.63, 3.8) is 0 Å². The number of nitro groups is 1. The Morgan fingerprint density at radius 2 is 2.44 bits per heavy atom. The molecular weight excluding hydrogens is 218 g/mol. The van der Waals surface area contributed by atoms with Gasteiger partial charge in [0, 0.05) is 6.92 Å². The molecule has 88 valence electrons. The highest BCUT2D eigenvalue weighted by atomic mass is 16.6. The molecule has 0 aliphatic carbocycles. The molecule has 0 unspecified atom stereocenters. The lowest BCUT2D eigenvalue weighted by molar-refractivity contribution is -0.389. The molecule has 0 bridgehead atoms. The van der Waals surface area contributed by atoms with Crippen LogP contribution in [0, 0.1) is 17.0 Å². The van der Waals surface area contributed by atoms with Gasteiger partial charge < -0.3 is 20.0 Å². The summed E-state index contributed by atoms with van der Waals surface area (Å²) >= 11 is 0. The Labute approximate surface area is 90.6 Å². The summed E-state index contributed by atoms with van der Waals surface area (Å²) in [5, 5.41) is 19.5. The molecular formula is C8H11N3O5. The molecule has 8 nitrogen and oxygen atoms in total. The van der Waals surface area contributed by atoms with Gasteiger partial charge in [-0.15, -0.1) is 0 Å². The van der Waals surface area contributed by atoms with Crippen molar-refractivity contribution in [1.82, 2.24) is 9.55 Å². The number of rotatable bonds is 4. The highest BCUT2D eigenvalue weighted by Crippen LogP contribution is 2.17. The van der Waals surface area contributed by atoms with Gasteiger partial charge in [-0.3, -0.25) is 4.57 Å². The van der Waals surface area contributed by atoms with Crippen molar-refractivity contribution in [2.45, 2.75) is 13.0 Å². The number of esters is 1. The van der Waals surface area contributed by atoms with Crippen molar-refractivity contribution in [3.05, 3.63) is 22.1 Å². The average Bonchev–Trinajstić information content (AvgIpc) is 2.62. The van der Waals surface area contributed by atoms with E-state index in [1.165, 1.54) is 18.6 Å². The minimum atomic E-state index is -1.01. The molecule has 16 heavy (non-hydrogen) atoms. The van der Waals surface area contributed by atoms with Crippen LogP contribution in [0.1, 0.15) is 11.9 Å². The topological polar surface area (TPSA) is 107 Å². The van der Waals surface area contributed by atoms with Gasteiger partial charge in [0.25, 0.3) is 0 Å². The fourth-order valence-corrected chi connectivity index (χ4v) is 1.29. The van der Waals surface area contributed by atoms with E-state index in [-0.39, 0.29) is 11.6 Å². The van der Waals surface area contributed by atoms with Gasteiger partial charge in [-0.2, -0.15) is 0 Å². The summed E-state index contributed by atoms with van der Waals surface area (Å²) in [6, 6.07) is -1.01. The number of aryl methyl sites for hydroxylation is 1. The number of nitrogens with zero attached hydrogens (tertiary/aromatic N) is 3. The van der Waals surface area contributed by atoms with E-state index in [2.05, 4.69) is 9.72 Å². The van der Waals surface area contributed by atoms with Crippen LogP contribution in [0.4, 0.5) is 5.82 Å². The smallest absolute Gasteiger partial charge is 0.381 e. The van der Waals surface area contributed by atoms with Gasteiger partial charge in [-0.1, -0.05) is 0 Å². The minimum Gasteiger partial charge on any atom is -0.467 e. The molecule has 1 atom stereocenters. The van der Waals surface area contributed by atoms with Crippen LogP contribution in [0.25, 0.3) is 0 Å². The number of imidazole rings is 1. The summed E-state index contributed by atoms with van der Waals surface area (Å²) in [7, 11) is 1.17. The summed E-state index contributed by atoms with van der Waals surface area (Å²) in [5.41, 5.74) is 0. The summed E-state index contributed by atoms with van der Waals surface area (Å²) < 4.78 is 5.68. The van der Waals surface area contributed by atoms with E-state index in [0.717, 1.165) is 6.20 Å². The van der Waals surface area contributed by atoms with Gasteiger partial charge in [0.1, 0.15) is 6.20 Å². The lowest BCUT2D eigenvalue weighted by Crippen LogP contribution is -2.24. The standard InChI is InChI=1S/C8H11N3O5/c1-5-9-7(11(14)15)3-10(5)6(4-12)8(13)16-2/h3,6,12H,4H2,1-2H3/t6-/m0/s1. The normalized spacial score (nSPS) is 12.2. The zero-order chi connectivity index (χ0) is 12.3. The highest BCUT2D eigenvalue weighted by molar-refractivity contribution is 5.74. The fraction of sp³-hybridized carbons (Fsp3) is 0.500. The van der Waals surface area contributed by atoms with Crippen LogP contribution in [0.2, 0.25) is 0 Å². The highest BCUT2D eigenvalue weighted by Gasteiger charge is 2.26. The zero-order valence-corrected chi connectivity index (χ0v) is 8.78. The molecule has 0 saturated carbocycles. The Balaban J connectivity index is 3.10. The molecule has 8 heteroatoms. The largest absolute Gasteiger partial charge is 0.467 e. The maximum Gasteiger partial charge on any atom is 0.381 e. The van der Waals surface area contributed by atoms with Gasteiger partial charge in [0.15, 0.2) is 6.04 Å². The van der Waals surface area contributed by atoms with E-state index >= 15 is 0 Å². The molecule has 0 spiro atoms. The second-order valence-corrected chi connectivity index (χ2v) is 3.03. The number of methoxy groups -OCH3 is 1. The Kier molecular flexibility index (Phi) is 3.56. The quantitative estimate of drug-likeness (QED) is 0.435. The molecule has 1 aromatic heterocycles. The van der Waals surface area contributed by atoms with Gasteiger partial charge in [-0.05, 0) is 9.91 Å². The van der Waals surface area contributed by atoms with Crippen molar-refractivity contribution in [2.24, 2.45) is 0 Å². The SMILES string of the molecule is COC(=O)[C@H](CO)n1cc([N+](=O)[O-])nc1C. The first kappa shape index (κ1) is 12.1. The molecule has 1 N–H and O–H groups in total. The van der Waals surface area contributed by atoms with E-state index in [0.29, 0.717) is 0 Å². The molecule has 0 aliphatic rings. The molecule has 0 aliphatic heterocycles. The van der Waals surface area contributed by atoms with Crippen molar-refractivity contribution >= 4 is 11.8 Å². The number of hydrogen-bond acceptors (Lipinski definition) is 6. The van der Waals surface area contributed by atoms with E-state index in [1.54, 1.807) is 0 Å². The van der Waals surface area contributed by atoms with Gasteiger partial charge in [0.05, 0.1) is 13.7 Å². The Hall–Kier alpha value is -1.96. The number of aliphatic hydroxyl groups is 1. The van der Waals surface area contributed by atoms with Crippen LogP contribution in [0.15, 0.2) is 6.20 Å². The molecule has 0 radical (unpaired) electrons. The summed E-state index contributed by atoms with van der Waals surface area (Å²) in [6.45, 7) is 0.986. The molecule has 0 fully saturated rings. The molecule has 1 heterocycles. The van der Waals surface area contributed by atoms with Crippen molar-refractivity contribution in [2.75, 3.05) is 13.7 Å². The first-order chi connectivity index (χ1) is 7.51. The Morgan fingerprint density at radius 3 is 2.81 bits per heavy atom. The number of hydrogen-bond donors (Lipinski definition) is 1. The van der Waals surface area contributed by atoms with Crippen molar-refractivity contribution in [1.29, 1.82) is 0 Å². The third-order valence-corrected chi connectivity index (χ3v) is 2.07.